The second kappa shape index (κ2) is 6.23. The summed E-state index contributed by atoms with van der Waals surface area (Å²) in [5.74, 6) is -0.410. The van der Waals surface area contributed by atoms with Gasteiger partial charge in [-0.2, -0.15) is 0 Å². The molecular formula is C14H11BrCl2FN. The molecular weight excluding hydrogens is 352 g/mol. The zero-order valence-corrected chi connectivity index (χ0v) is 12.9. The third-order valence-corrected chi connectivity index (χ3v) is 4.35. The van der Waals surface area contributed by atoms with Gasteiger partial charge in [-0.05, 0) is 51.7 Å². The van der Waals surface area contributed by atoms with Crippen molar-refractivity contribution < 1.29 is 4.39 Å². The molecule has 100 valence electrons. The minimum Gasteiger partial charge on any atom is -0.324 e. The van der Waals surface area contributed by atoms with Crippen LogP contribution < -0.4 is 5.73 Å². The molecule has 0 saturated carbocycles. The molecule has 5 heteroatoms. The number of halogens is 4. The molecule has 1 nitrogen and oxygen atoms in total. The summed E-state index contributed by atoms with van der Waals surface area (Å²) >= 11 is 15.0. The molecule has 0 aliphatic rings. The van der Waals surface area contributed by atoms with Crippen LogP contribution in [0.15, 0.2) is 40.9 Å². The fourth-order valence-corrected chi connectivity index (χ4v) is 2.51. The largest absolute Gasteiger partial charge is 0.324 e. The third kappa shape index (κ3) is 3.48. The van der Waals surface area contributed by atoms with Crippen molar-refractivity contribution in [2.75, 3.05) is 0 Å². The van der Waals surface area contributed by atoms with Crippen molar-refractivity contribution in [3.05, 3.63) is 67.9 Å². The van der Waals surface area contributed by atoms with E-state index in [2.05, 4.69) is 15.9 Å². The van der Waals surface area contributed by atoms with Crippen LogP contribution in [0.25, 0.3) is 0 Å². The van der Waals surface area contributed by atoms with Gasteiger partial charge in [0, 0.05) is 10.5 Å². The highest BCUT2D eigenvalue weighted by molar-refractivity contribution is 9.10. The monoisotopic (exact) mass is 361 g/mol. The highest BCUT2D eigenvalue weighted by atomic mass is 79.9. The van der Waals surface area contributed by atoms with Gasteiger partial charge in [0.15, 0.2) is 0 Å². The average Bonchev–Trinajstić information content (AvgIpc) is 2.38. The summed E-state index contributed by atoms with van der Waals surface area (Å²) < 4.78 is 14.6. The van der Waals surface area contributed by atoms with E-state index in [0.717, 1.165) is 10.0 Å². The van der Waals surface area contributed by atoms with E-state index in [1.165, 1.54) is 6.07 Å². The fourth-order valence-electron chi connectivity index (χ4n) is 1.80. The summed E-state index contributed by atoms with van der Waals surface area (Å²) in [4.78, 5) is 0. The molecule has 2 rings (SSSR count). The topological polar surface area (TPSA) is 26.0 Å². The number of nitrogens with two attached hydrogens (primary N) is 1. The van der Waals surface area contributed by atoms with E-state index in [9.17, 15) is 4.39 Å². The first-order chi connectivity index (χ1) is 8.99. The summed E-state index contributed by atoms with van der Waals surface area (Å²) in [6, 6.07) is 10.0. The molecule has 1 atom stereocenters. The number of hydrogen-bond acceptors (Lipinski definition) is 1. The van der Waals surface area contributed by atoms with Crippen LogP contribution >= 0.6 is 39.1 Å². The molecule has 0 aliphatic heterocycles. The lowest BCUT2D eigenvalue weighted by molar-refractivity contribution is 0.593. The molecule has 19 heavy (non-hydrogen) atoms. The summed E-state index contributed by atoms with van der Waals surface area (Å²) in [5, 5.41) is 0.729. The predicted molar refractivity (Wildman–Crippen MR) is 81.2 cm³/mol. The van der Waals surface area contributed by atoms with Crippen molar-refractivity contribution in [2.24, 2.45) is 5.73 Å². The van der Waals surface area contributed by atoms with Gasteiger partial charge in [0.05, 0.1) is 10.0 Å². The maximum atomic E-state index is 13.8. The van der Waals surface area contributed by atoms with Crippen LogP contribution in [0.4, 0.5) is 4.39 Å². The van der Waals surface area contributed by atoms with Gasteiger partial charge in [-0.1, -0.05) is 41.4 Å². The Labute approximate surface area is 129 Å². The summed E-state index contributed by atoms with van der Waals surface area (Å²) in [6.45, 7) is 0. The lowest BCUT2D eigenvalue weighted by Gasteiger charge is -2.14. The SMILES string of the molecule is NC(Cc1cccc(Cl)c1F)c1ccc(Cl)c(Br)c1. The Bertz CT molecular complexity index is 604. The van der Waals surface area contributed by atoms with Gasteiger partial charge < -0.3 is 5.73 Å². The van der Waals surface area contributed by atoms with Gasteiger partial charge in [0.25, 0.3) is 0 Å². The summed E-state index contributed by atoms with van der Waals surface area (Å²) in [7, 11) is 0. The Balaban J connectivity index is 2.23. The molecule has 2 aromatic rings. The quantitative estimate of drug-likeness (QED) is 0.803. The van der Waals surface area contributed by atoms with Crippen LogP contribution in [0, 0.1) is 5.82 Å². The van der Waals surface area contributed by atoms with Gasteiger partial charge >= 0.3 is 0 Å². The van der Waals surface area contributed by atoms with Gasteiger partial charge in [-0.3, -0.25) is 0 Å². The number of benzene rings is 2. The number of rotatable bonds is 3. The standard InChI is InChI=1S/C14H11BrCl2FN/c15-10-6-8(4-5-11(10)16)13(19)7-9-2-1-3-12(17)14(9)18/h1-6,13H,7,19H2. The molecule has 0 heterocycles. The molecule has 0 spiro atoms. The van der Waals surface area contributed by atoms with Crippen molar-refractivity contribution in [2.45, 2.75) is 12.5 Å². The Hall–Kier alpha value is -0.610. The number of hydrogen-bond donors (Lipinski definition) is 1. The second-order valence-corrected chi connectivity index (χ2v) is 5.87. The van der Waals surface area contributed by atoms with Crippen molar-refractivity contribution >= 4 is 39.1 Å². The predicted octanol–water partition coefficient (Wildman–Crippen LogP) is 5.14. The highest BCUT2D eigenvalue weighted by Gasteiger charge is 2.13. The molecule has 1 unspecified atom stereocenters. The Morgan fingerprint density at radius 3 is 2.58 bits per heavy atom. The van der Waals surface area contributed by atoms with Crippen LogP contribution in [0.1, 0.15) is 17.2 Å². The van der Waals surface area contributed by atoms with Crippen molar-refractivity contribution in [1.29, 1.82) is 0 Å². The first-order valence-corrected chi connectivity index (χ1v) is 7.17. The van der Waals surface area contributed by atoms with E-state index < -0.39 is 5.82 Å². The third-order valence-electron chi connectivity index (χ3n) is 2.84. The molecule has 0 bridgehead atoms. The van der Waals surface area contributed by atoms with E-state index in [-0.39, 0.29) is 11.1 Å². The molecule has 2 aromatic carbocycles. The van der Waals surface area contributed by atoms with E-state index in [1.807, 2.05) is 12.1 Å². The summed E-state index contributed by atoms with van der Waals surface area (Å²) in [5.41, 5.74) is 7.48. The van der Waals surface area contributed by atoms with Crippen LogP contribution in [0.5, 0.6) is 0 Å². The lowest BCUT2D eigenvalue weighted by atomic mass is 9.99. The molecule has 0 fully saturated rings. The minimum atomic E-state index is -0.410. The average molecular weight is 363 g/mol. The van der Waals surface area contributed by atoms with Gasteiger partial charge in [-0.25, -0.2) is 4.39 Å². The molecule has 0 saturated heterocycles. The zero-order chi connectivity index (χ0) is 14.0. The fraction of sp³-hybridized carbons (Fsp3) is 0.143. The van der Waals surface area contributed by atoms with Crippen molar-refractivity contribution in [3.63, 3.8) is 0 Å². The van der Waals surface area contributed by atoms with Gasteiger partial charge in [0.2, 0.25) is 0 Å². The first-order valence-electron chi connectivity index (χ1n) is 5.62. The molecule has 0 radical (unpaired) electrons. The van der Waals surface area contributed by atoms with Crippen LogP contribution in [0.2, 0.25) is 10.0 Å². The van der Waals surface area contributed by atoms with Crippen LogP contribution in [0.3, 0.4) is 0 Å². The molecule has 0 aromatic heterocycles. The van der Waals surface area contributed by atoms with E-state index in [0.29, 0.717) is 17.0 Å². The van der Waals surface area contributed by atoms with E-state index in [1.54, 1.807) is 18.2 Å². The minimum absolute atomic E-state index is 0.113. The second-order valence-electron chi connectivity index (χ2n) is 4.20. The van der Waals surface area contributed by atoms with Gasteiger partial charge in [0.1, 0.15) is 5.82 Å². The Morgan fingerprint density at radius 1 is 1.16 bits per heavy atom. The lowest BCUT2D eigenvalue weighted by Crippen LogP contribution is -2.14. The van der Waals surface area contributed by atoms with E-state index in [4.69, 9.17) is 28.9 Å². The Morgan fingerprint density at radius 2 is 1.89 bits per heavy atom. The maximum absolute atomic E-state index is 13.8. The Kier molecular flexibility index (Phi) is 4.85. The normalized spacial score (nSPS) is 12.5. The van der Waals surface area contributed by atoms with Crippen LogP contribution in [-0.2, 0) is 6.42 Å². The van der Waals surface area contributed by atoms with Gasteiger partial charge in [-0.15, -0.1) is 0 Å². The van der Waals surface area contributed by atoms with Crippen LogP contribution in [-0.4, -0.2) is 0 Å². The van der Waals surface area contributed by atoms with Crippen molar-refractivity contribution in [1.82, 2.24) is 0 Å². The first kappa shape index (κ1) is 14.8. The smallest absolute Gasteiger partial charge is 0.145 e. The van der Waals surface area contributed by atoms with E-state index >= 15 is 0 Å². The molecule has 2 N–H and O–H groups in total. The highest BCUT2D eigenvalue weighted by Crippen LogP contribution is 2.28. The molecule has 0 aliphatic carbocycles. The van der Waals surface area contributed by atoms with Crippen molar-refractivity contribution in [3.8, 4) is 0 Å². The summed E-state index contributed by atoms with van der Waals surface area (Å²) in [6.07, 6.45) is 0.375. The maximum Gasteiger partial charge on any atom is 0.145 e. The molecule has 0 amide bonds. The zero-order valence-electron chi connectivity index (χ0n) is 9.84.